The Bertz CT molecular complexity index is 548. The fourth-order valence-electron chi connectivity index (χ4n) is 1.85. The molecule has 5 heteroatoms. The summed E-state index contributed by atoms with van der Waals surface area (Å²) in [6.45, 7) is 2.03. The third kappa shape index (κ3) is 2.29. The molecule has 0 radical (unpaired) electrons. The lowest BCUT2D eigenvalue weighted by molar-refractivity contribution is -0.140. The summed E-state index contributed by atoms with van der Waals surface area (Å²) < 4.78 is 4.93. The minimum atomic E-state index is -0.887. The zero-order chi connectivity index (χ0) is 12.4. The molecule has 0 aliphatic rings. The maximum atomic E-state index is 11.1. The van der Waals surface area contributed by atoms with E-state index in [-0.39, 0.29) is 6.61 Å². The molecule has 2 rings (SSSR count). The van der Waals surface area contributed by atoms with Crippen LogP contribution in [0, 0.1) is 6.92 Å². The van der Waals surface area contributed by atoms with Gasteiger partial charge in [0.2, 0.25) is 0 Å². The summed E-state index contributed by atoms with van der Waals surface area (Å²) in [5.41, 5.74) is 2.41. The smallest absolute Gasteiger partial charge is 0.313 e. The Labute approximate surface area is 98.4 Å². The maximum absolute atomic E-state index is 11.1. The summed E-state index contributed by atoms with van der Waals surface area (Å²) in [4.78, 5) is 18.5. The van der Waals surface area contributed by atoms with Gasteiger partial charge in [-0.1, -0.05) is 6.07 Å². The minimum absolute atomic E-state index is 0.161. The summed E-state index contributed by atoms with van der Waals surface area (Å²) >= 11 is 0. The molecule has 17 heavy (non-hydrogen) atoms. The van der Waals surface area contributed by atoms with Crippen molar-refractivity contribution in [3.05, 3.63) is 29.6 Å². The van der Waals surface area contributed by atoms with Gasteiger partial charge in [-0.15, -0.1) is 0 Å². The molecule has 1 atom stereocenters. The summed E-state index contributed by atoms with van der Waals surface area (Å²) in [5, 5.41) is 9.13. The van der Waals surface area contributed by atoms with Crippen molar-refractivity contribution in [1.29, 1.82) is 0 Å². The molecule has 2 aromatic rings. The highest BCUT2D eigenvalue weighted by Crippen LogP contribution is 2.21. The number of carboxylic acid groups (broad SMARTS) is 1. The standard InChI is InChI=1S/C12H14N2O3/c1-7-13-10-4-3-8(5-11(10)14-7)9(6-17-2)12(15)16/h3-5,9H,6H2,1-2H3,(H,13,14)(H,15,16). The van der Waals surface area contributed by atoms with E-state index in [1.165, 1.54) is 7.11 Å². The van der Waals surface area contributed by atoms with E-state index in [1.54, 1.807) is 6.07 Å². The van der Waals surface area contributed by atoms with Crippen molar-refractivity contribution in [2.45, 2.75) is 12.8 Å². The maximum Gasteiger partial charge on any atom is 0.313 e. The minimum Gasteiger partial charge on any atom is -0.481 e. The first-order valence-corrected chi connectivity index (χ1v) is 5.30. The number of hydrogen-bond acceptors (Lipinski definition) is 3. The number of imidazole rings is 1. The number of fused-ring (bicyclic) bond motifs is 1. The van der Waals surface area contributed by atoms with E-state index < -0.39 is 11.9 Å². The van der Waals surface area contributed by atoms with E-state index in [9.17, 15) is 4.79 Å². The van der Waals surface area contributed by atoms with Crippen molar-refractivity contribution < 1.29 is 14.6 Å². The van der Waals surface area contributed by atoms with Gasteiger partial charge in [-0.2, -0.15) is 0 Å². The quantitative estimate of drug-likeness (QED) is 0.844. The van der Waals surface area contributed by atoms with Crippen molar-refractivity contribution >= 4 is 17.0 Å². The van der Waals surface area contributed by atoms with Gasteiger partial charge >= 0.3 is 5.97 Å². The highest BCUT2D eigenvalue weighted by molar-refractivity contribution is 5.81. The zero-order valence-electron chi connectivity index (χ0n) is 9.73. The predicted octanol–water partition coefficient (Wildman–Crippen LogP) is 1.69. The van der Waals surface area contributed by atoms with Crippen LogP contribution in [0.1, 0.15) is 17.3 Å². The van der Waals surface area contributed by atoms with Crippen LogP contribution in [-0.4, -0.2) is 34.8 Å². The molecular formula is C12H14N2O3. The van der Waals surface area contributed by atoms with Crippen LogP contribution in [0.3, 0.4) is 0 Å². The first kappa shape index (κ1) is 11.6. The molecule has 0 amide bonds. The first-order valence-electron chi connectivity index (χ1n) is 5.30. The average Bonchev–Trinajstić information content (AvgIpc) is 2.64. The van der Waals surface area contributed by atoms with E-state index >= 15 is 0 Å². The van der Waals surface area contributed by atoms with E-state index in [2.05, 4.69) is 9.97 Å². The molecule has 0 bridgehead atoms. The van der Waals surface area contributed by atoms with E-state index in [1.807, 2.05) is 19.1 Å². The Morgan fingerprint density at radius 2 is 2.35 bits per heavy atom. The van der Waals surface area contributed by atoms with Crippen molar-refractivity contribution in [3.63, 3.8) is 0 Å². The third-order valence-electron chi connectivity index (χ3n) is 2.66. The molecule has 1 heterocycles. The second-order valence-corrected chi connectivity index (χ2v) is 3.94. The summed E-state index contributed by atoms with van der Waals surface area (Å²) in [6.07, 6.45) is 0. The van der Waals surface area contributed by atoms with Crippen LogP contribution in [0.4, 0.5) is 0 Å². The molecule has 0 fully saturated rings. The van der Waals surface area contributed by atoms with E-state index in [0.717, 1.165) is 22.4 Å². The fraction of sp³-hybridized carbons (Fsp3) is 0.333. The van der Waals surface area contributed by atoms with Gasteiger partial charge in [0.1, 0.15) is 11.7 Å². The van der Waals surface area contributed by atoms with Crippen molar-refractivity contribution in [3.8, 4) is 0 Å². The topological polar surface area (TPSA) is 75.2 Å². The molecule has 2 N–H and O–H groups in total. The molecule has 0 aliphatic heterocycles. The number of aryl methyl sites for hydroxylation is 1. The Morgan fingerprint density at radius 1 is 1.59 bits per heavy atom. The molecule has 1 aromatic carbocycles. The molecule has 0 saturated carbocycles. The molecular weight excluding hydrogens is 220 g/mol. The van der Waals surface area contributed by atoms with Gasteiger partial charge in [0.05, 0.1) is 17.6 Å². The van der Waals surface area contributed by atoms with Gasteiger partial charge in [0.15, 0.2) is 0 Å². The number of benzene rings is 1. The highest BCUT2D eigenvalue weighted by Gasteiger charge is 2.20. The predicted molar refractivity (Wildman–Crippen MR) is 63.1 cm³/mol. The molecule has 0 saturated heterocycles. The van der Waals surface area contributed by atoms with Gasteiger partial charge < -0.3 is 14.8 Å². The fourth-order valence-corrected chi connectivity index (χ4v) is 1.85. The lowest BCUT2D eigenvalue weighted by Crippen LogP contribution is -2.16. The number of hydrogen-bond donors (Lipinski definition) is 2. The van der Waals surface area contributed by atoms with Crippen LogP contribution in [0.5, 0.6) is 0 Å². The molecule has 90 valence electrons. The number of nitrogens with one attached hydrogen (secondary N) is 1. The van der Waals surface area contributed by atoms with Crippen molar-refractivity contribution in [2.75, 3.05) is 13.7 Å². The Kier molecular flexibility index (Phi) is 3.10. The second kappa shape index (κ2) is 4.55. The van der Waals surface area contributed by atoms with Crippen molar-refractivity contribution in [2.24, 2.45) is 0 Å². The second-order valence-electron chi connectivity index (χ2n) is 3.94. The summed E-state index contributed by atoms with van der Waals surface area (Å²) in [6, 6.07) is 5.41. The van der Waals surface area contributed by atoms with E-state index in [4.69, 9.17) is 9.84 Å². The number of H-pyrrole nitrogens is 1. The molecule has 0 aliphatic carbocycles. The average molecular weight is 234 g/mol. The number of aliphatic carboxylic acids is 1. The summed E-state index contributed by atoms with van der Waals surface area (Å²) in [5.74, 6) is -0.716. The number of carboxylic acids is 1. The highest BCUT2D eigenvalue weighted by atomic mass is 16.5. The van der Waals surface area contributed by atoms with Gasteiger partial charge in [-0.25, -0.2) is 4.98 Å². The van der Waals surface area contributed by atoms with E-state index in [0.29, 0.717) is 0 Å². The van der Waals surface area contributed by atoms with Crippen LogP contribution in [0.25, 0.3) is 11.0 Å². The number of carbonyl (C=O) groups is 1. The largest absolute Gasteiger partial charge is 0.481 e. The van der Waals surface area contributed by atoms with Crippen LogP contribution >= 0.6 is 0 Å². The third-order valence-corrected chi connectivity index (χ3v) is 2.66. The van der Waals surface area contributed by atoms with Crippen molar-refractivity contribution in [1.82, 2.24) is 9.97 Å². The van der Waals surface area contributed by atoms with Crippen LogP contribution < -0.4 is 0 Å². The molecule has 1 unspecified atom stereocenters. The number of nitrogens with zero attached hydrogens (tertiary/aromatic N) is 1. The number of rotatable bonds is 4. The number of ether oxygens (including phenoxy) is 1. The van der Waals surface area contributed by atoms with Gasteiger partial charge in [0, 0.05) is 7.11 Å². The molecule has 5 nitrogen and oxygen atoms in total. The lowest BCUT2D eigenvalue weighted by atomic mass is 10.00. The number of aromatic amines is 1. The monoisotopic (exact) mass is 234 g/mol. The van der Waals surface area contributed by atoms with Gasteiger partial charge in [-0.05, 0) is 24.6 Å². The SMILES string of the molecule is COCC(C(=O)O)c1ccc2nc(C)[nH]c2c1. The molecule has 1 aromatic heterocycles. The molecule has 0 spiro atoms. The van der Waals surface area contributed by atoms with Gasteiger partial charge in [-0.3, -0.25) is 4.79 Å². The normalized spacial score (nSPS) is 12.8. The lowest BCUT2D eigenvalue weighted by Gasteiger charge is -2.11. The van der Waals surface area contributed by atoms with Crippen LogP contribution in [0.2, 0.25) is 0 Å². The Hall–Kier alpha value is -1.88. The Balaban J connectivity index is 2.42. The zero-order valence-corrected chi connectivity index (χ0v) is 9.73. The first-order chi connectivity index (χ1) is 8.11. The summed E-state index contributed by atoms with van der Waals surface area (Å²) in [7, 11) is 1.49. The van der Waals surface area contributed by atoms with Crippen LogP contribution in [-0.2, 0) is 9.53 Å². The number of aromatic nitrogens is 2. The number of methoxy groups -OCH3 is 1. The van der Waals surface area contributed by atoms with Crippen LogP contribution in [0.15, 0.2) is 18.2 Å². The van der Waals surface area contributed by atoms with Gasteiger partial charge in [0.25, 0.3) is 0 Å². The Morgan fingerprint density at radius 3 is 3.00 bits per heavy atom.